The van der Waals surface area contributed by atoms with Crippen LogP contribution in [-0.2, 0) is 11.2 Å². The SMILES string of the molecule is COc1ccc(C)cc1CCNC(=O)COc1ccc(F)cc1Br. The Hall–Kier alpha value is -2.08. The average Bonchev–Trinajstić information content (AvgIpc) is 2.54. The Morgan fingerprint density at radius 1 is 1.21 bits per heavy atom. The predicted octanol–water partition coefficient (Wildman–Crippen LogP) is 3.64. The highest BCUT2D eigenvalue weighted by Gasteiger charge is 2.08. The number of methoxy groups -OCH3 is 1. The summed E-state index contributed by atoms with van der Waals surface area (Å²) in [6, 6.07) is 9.98. The lowest BCUT2D eigenvalue weighted by molar-refractivity contribution is -0.123. The minimum absolute atomic E-state index is 0.130. The number of rotatable bonds is 7. The van der Waals surface area contributed by atoms with Crippen molar-refractivity contribution in [2.45, 2.75) is 13.3 Å². The summed E-state index contributed by atoms with van der Waals surface area (Å²) in [5.74, 6) is 0.622. The van der Waals surface area contributed by atoms with Gasteiger partial charge in [0.05, 0.1) is 11.6 Å². The Morgan fingerprint density at radius 2 is 1.96 bits per heavy atom. The zero-order chi connectivity index (χ0) is 17.5. The van der Waals surface area contributed by atoms with E-state index in [2.05, 4.69) is 21.2 Å². The molecule has 0 radical (unpaired) electrons. The molecule has 0 bridgehead atoms. The molecule has 0 heterocycles. The first-order valence-corrected chi connectivity index (χ1v) is 8.27. The van der Waals surface area contributed by atoms with Crippen molar-refractivity contribution >= 4 is 21.8 Å². The van der Waals surface area contributed by atoms with Gasteiger partial charge in [-0.05, 0) is 59.1 Å². The Balaban J connectivity index is 1.80. The number of amides is 1. The number of nitrogens with one attached hydrogen (secondary N) is 1. The van der Waals surface area contributed by atoms with Gasteiger partial charge in [0.15, 0.2) is 6.61 Å². The van der Waals surface area contributed by atoms with Crippen LogP contribution in [0.15, 0.2) is 40.9 Å². The fourth-order valence-corrected chi connectivity index (χ4v) is 2.69. The summed E-state index contributed by atoms with van der Waals surface area (Å²) < 4.78 is 24.1. The first-order valence-electron chi connectivity index (χ1n) is 7.47. The van der Waals surface area contributed by atoms with Crippen molar-refractivity contribution in [2.75, 3.05) is 20.3 Å². The van der Waals surface area contributed by atoms with Gasteiger partial charge in [-0.25, -0.2) is 4.39 Å². The summed E-state index contributed by atoms with van der Waals surface area (Å²) in [5, 5.41) is 2.79. The van der Waals surface area contributed by atoms with Crippen LogP contribution in [0, 0.1) is 12.7 Å². The molecule has 6 heteroatoms. The molecule has 0 unspecified atom stereocenters. The lowest BCUT2D eigenvalue weighted by Crippen LogP contribution is -2.30. The maximum absolute atomic E-state index is 13.0. The third-order valence-electron chi connectivity index (χ3n) is 3.41. The van der Waals surface area contributed by atoms with Crippen molar-refractivity contribution in [3.63, 3.8) is 0 Å². The summed E-state index contributed by atoms with van der Waals surface area (Å²) in [5.41, 5.74) is 2.18. The van der Waals surface area contributed by atoms with E-state index in [1.54, 1.807) is 7.11 Å². The van der Waals surface area contributed by atoms with E-state index in [1.165, 1.54) is 18.2 Å². The molecule has 0 saturated heterocycles. The number of aryl methyl sites for hydroxylation is 1. The highest BCUT2D eigenvalue weighted by molar-refractivity contribution is 9.10. The van der Waals surface area contributed by atoms with Gasteiger partial charge in [-0.2, -0.15) is 0 Å². The van der Waals surface area contributed by atoms with Crippen LogP contribution in [0.1, 0.15) is 11.1 Å². The molecular formula is C18H19BrFNO3. The van der Waals surface area contributed by atoms with Crippen molar-refractivity contribution in [3.8, 4) is 11.5 Å². The standard InChI is InChI=1S/C18H19BrFNO3/c1-12-3-5-16(23-2)13(9-12)7-8-21-18(22)11-24-17-6-4-14(20)10-15(17)19/h3-6,9-10H,7-8,11H2,1-2H3,(H,21,22). The molecule has 128 valence electrons. The molecule has 1 amide bonds. The van der Waals surface area contributed by atoms with Crippen molar-refractivity contribution in [3.05, 3.63) is 57.8 Å². The number of hydrogen-bond acceptors (Lipinski definition) is 3. The van der Waals surface area contributed by atoms with Gasteiger partial charge in [0.1, 0.15) is 17.3 Å². The Labute approximate surface area is 149 Å². The van der Waals surface area contributed by atoms with Gasteiger partial charge < -0.3 is 14.8 Å². The van der Waals surface area contributed by atoms with E-state index in [-0.39, 0.29) is 18.3 Å². The molecule has 0 spiro atoms. The molecule has 0 saturated carbocycles. The van der Waals surface area contributed by atoms with E-state index >= 15 is 0 Å². The maximum atomic E-state index is 13.0. The normalized spacial score (nSPS) is 10.3. The topological polar surface area (TPSA) is 47.6 Å². The minimum atomic E-state index is -0.370. The Bertz CT molecular complexity index is 721. The van der Waals surface area contributed by atoms with Crippen LogP contribution in [0.25, 0.3) is 0 Å². The number of carbonyl (C=O) groups excluding carboxylic acids is 1. The van der Waals surface area contributed by atoms with E-state index in [0.29, 0.717) is 23.2 Å². The Kier molecular flexibility index (Phi) is 6.61. The molecular weight excluding hydrogens is 377 g/mol. The summed E-state index contributed by atoms with van der Waals surface area (Å²) in [7, 11) is 1.63. The van der Waals surface area contributed by atoms with Gasteiger partial charge >= 0.3 is 0 Å². The molecule has 24 heavy (non-hydrogen) atoms. The third kappa shape index (κ3) is 5.23. The molecule has 0 fully saturated rings. The molecule has 0 aliphatic heterocycles. The van der Waals surface area contributed by atoms with Crippen LogP contribution >= 0.6 is 15.9 Å². The second-order valence-corrected chi connectivity index (χ2v) is 6.13. The van der Waals surface area contributed by atoms with Gasteiger partial charge in [-0.1, -0.05) is 17.7 Å². The van der Waals surface area contributed by atoms with Crippen molar-refractivity contribution in [2.24, 2.45) is 0 Å². The van der Waals surface area contributed by atoms with E-state index in [1.807, 2.05) is 25.1 Å². The summed E-state index contributed by atoms with van der Waals surface area (Å²) in [6.07, 6.45) is 0.664. The zero-order valence-electron chi connectivity index (χ0n) is 13.6. The quantitative estimate of drug-likeness (QED) is 0.778. The molecule has 2 aromatic rings. The molecule has 4 nitrogen and oxygen atoms in total. The molecule has 0 aliphatic carbocycles. The van der Waals surface area contributed by atoms with Gasteiger partial charge in [-0.3, -0.25) is 4.79 Å². The highest BCUT2D eigenvalue weighted by Crippen LogP contribution is 2.25. The lowest BCUT2D eigenvalue weighted by atomic mass is 10.1. The van der Waals surface area contributed by atoms with Gasteiger partial charge in [0.2, 0.25) is 0 Å². The molecule has 0 atom stereocenters. The van der Waals surface area contributed by atoms with Gasteiger partial charge in [0, 0.05) is 6.54 Å². The molecule has 0 aromatic heterocycles. The predicted molar refractivity (Wildman–Crippen MR) is 94.0 cm³/mol. The number of halogens is 2. The fourth-order valence-electron chi connectivity index (χ4n) is 2.23. The summed E-state index contributed by atoms with van der Waals surface area (Å²) >= 11 is 3.19. The number of ether oxygens (including phenoxy) is 2. The minimum Gasteiger partial charge on any atom is -0.496 e. The van der Waals surface area contributed by atoms with Gasteiger partial charge in [0.25, 0.3) is 5.91 Å². The van der Waals surface area contributed by atoms with Crippen molar-refractivity contribution in [1.29, 1.82) is 0 Å². The average molecular weight is 396 g/mol. The van der Waals surface area contributed by atoms with Crippen LogP contribution in [0.2, 0.25) is 0 Å². The second-order valence-electron chi connectivity index (χ2n) is 5.28. The fraction of sp³-hybridized carbons (Fsp3) is 0.278. The molecule has 2 rings (SSSR count). The molecule has 0 aliphatic rings. The smallest absolute Gasteiger partial charge is 0.257 e. The highest BCUT2D eigenvalue weighted by atomic mass is 79.9. The molecule has 2 aromatic carbocycles. The van der Waals surface area contributed by atoms with Crippen LogP contribution < -0.4 is 14.8 Å². The number of hydrogen-bond donors (Lipinski definition) is 1. The number of benzene rings is 2. The first kappa shape index (κ1) is 18.3. The largest absolute Gasteiger partial charge is 0.496 e. The van der Waals surface area contributed by atoms with Gasteiger partial charge in [-0.15, -0.1) is 0 Å². The van der Waals surface area contributed by atoms with E-state index in [4.69, 9.17) is 9.47 Å². The Morgan fingerprint density at radius 3 is 2.67 bits per heavy atom. The van der Waals surface area contributed by atoms with E-state index < -0.39 is 0 Å². The summed E-state index contributed by atoms with van der Waals surface area (Å²) in [4.78, 5) is 11.8. The van der Waals surface area contributed by atoms with Crippen LogP contribution in [-0.4, -0.2) is 26.2 Å². The molecule has 1 N–H and O–H groups in total. The van der Waals surface area contributed by atoms with E-state index in [0.717, 1.165) is 16.9 Å². The van der Waals surface area contributed by atoms with Crippen LogP contribution in [0.4, 0.5) is 4.39 Å². The van der Waals surface area contributed by atoms with Crippen LogP contribution in [0.5, 0.6) is 11.5 Å². The zero-order valence-corrected chi connectivity index (χ0v) is 15.2. The monoisotopic (exact) mass is 395 g/mol. The first-order chi connectivity index (χ1) is 11.5. The number of carbonyl (C=O) groups is 1. The van der Waals surface area contributed by atoms with E-state index in [9.17, 15) is 9.18 Å². The lowest BCUT2D eigenvalue weighted by Gasteiger charge is -2.11. The maximum Gasteiger partial charge on any atom is 0.257 e. The third-order valence-corrected chi connectivity index (χ3v) is 4.02. The second kappa shape index (κ2) is 8.68. The van der Waals surface area contributed by atoms with Crippen molar-refractivity contribution in [1.82, 2.24) is 5.32 Å². The van der Waals surface area contributed by atoms with Crippen molar-refractivity contribution < 1.29 is 18.7 Å². The summed E-state index contributed by atoms with van der Waals surface area (Å²) in [6.45, 7) is 2.36. The van der Waals surface area contributed by atoms with Crippen LogP contribution in [0.3, 0.4) is 0 Å².